The van der Waals surface area contributed by atoms with E-state index >= 15 is 0 Å². The molecular formula is C12H14N2S. The Kier molecular flexibility index (Phi) is 2.33. The molecule has 3 heteroatoms. The highest BCUT2D eigenvalue weighted by Crippen LogP contribution is 2.31. The SMILES string of the molecule is c1cc(N2CCCCC2)c2scnc2c1. The van der Waals surface area contributed by atoms with Crippen molar-refractivity contribution < 1.29 is 0 Å². The summed E-state index contributed by atoms with van der Waals surface area (Å²) in [6.45, 7) is 2.41. The van der Waals surface area contributed by atoms with Gasteiger partial charge in [0.05, 0.1) is 21.4 Å². The van der Waals surface area contributed by atoms with Crippen LogP contribution in [-0.4, -0.2) is 18.1 Å². The van der Waals surface area contributed by atoms with Crippen LogP contribution in [0.2, 0.25) is 0 Å². The van der Waals surface area contributed by atoms with Gasteiger partial charge in [-0.2, -0.15) is 0 Å². The third-order valence-corrected chi connectivity index (χ3v) is 3.90. The molecule has 78 valence electrons. The average Bonchev–Trinajstić information content (AvgIpc) is 2.78. The fourth-order valence-electron chi connectivity index (χ4n) is 2.26. The Hall–Kier alpha value is -1.09. The van der Waals surface area contributed by atoms with Gasteiger partial charge in [-0.3, -0.25) is 0 Å². The van der Waals surface area contributed by atoms with Gasteiger partial charge in [-0.1, -0.05) is 6.07 Å². The van der Waals surface area contributed by atoms with E-state index in [2.05, 4.69) is 28.1 Å². The maximum Gasteiger partial charge on any atom is 0.0833 e. The zero-order valence-corrected chi connectivity index (χ0v) is 9.46. The standard InChI is InChI=1S/C12H14N2S/c1-2-7-14(8-3-1)11-6-4-5-10-12(11)15-9-13-10/h4-6,9H,1-3,7-8H2. The van der Waals surface area contributed by atoms with E-state index in [0.29, 0.717) is 0 Å². The smallest absolute Gasteiger partial charge is 0.0833 e. The lowest BCUT2D eigenvalue weighted by Gasteiger charge is -2.29. The summed E-state index contributed by atoms with van der Waals surface area (Å²) in [5, 5.41) is 0. The summed E-state index contributed by atoms with van der Waals surface area (Å²) in [6.07, 6.45) is 4.04. The molecule has 1 saturated heterocycles. The summed E-state index contributed by atoms with van der Waals surface area (Å²) in [5.41, 5.74) is 4.47. The van der Waals surface area contributed by atoms with Crippen LogP contribution in [0.1, 0.15) is 19.3 Å². The first kappa shape index (κ1) is 9.16. The Morgan fingerprint density at radius 1 is 1.13 bits per heavy atom. The van der Waals surface area contributed by atoms with Crippen molar-refractivity contribution >= 4 is 27.2 Å². The number of fused-ring (bicyclic) bond motifs is 1. The van der Waals surface area contributed by atoms with Crippen LogP contribution in [0, 0.1) is 0 Å². The molecule has 0 N–H and O–H groups in total. The molecule has 0 unspecified atom stereocenters. The Labute approximate surface area is 93.6 Å². The van der Waals surface area contributed by atoms with Gasteiger partial charge < -0.3 is 4.90 Å². The van der Waals surface area contributed by atoms with Gasteiger partial charge in [-0.25, -0.2) is 4.98 Å². The maximum atomic E-state index is 4.37. The van der Waals surface area contributed by atoms with Crippen molar-refractivity contribution in [1.29, 1.82) is 0 Å². The summed E-state index contributed by atoms with van der Waals surface area (Å²) in [6, 6.07) is 6.44. The molecule has 0 saturated carbocycles. The van der Waals surface area contributed by atoms with E-state index in [1.807, 2.05) is 5.51 Å². The van der Waals surface area contributed by atoms with Crippen molar-refractivity contribution in [3.05, 3.63) is 23.7 Å². The molecule has 0 amide bonds. The van der Waals surface area contributed by atoms with Gasteiger partial charge in [-0.05, 0) is 31.4 Å². The minimum Gasteiger partial charge on any atom is -0.370 e. The second-order valence-corrected chi connectivity index (χ2v) is 4.88. The Balaban J connectivity index is 2.05. The van der Waals surface area contributed by atoms with Gasteiger partial charge in [0.15, 0.2) is 0 Å². The van der Waals surface area contributed by atoms with Crippen LogP contribution < -0.4 is 4.90 Å². The van der Waals surface area contributed by atoms with Crippen molar-refractivity contribution in [2.75, 3.05) is 18.0 Å². The van der Waals surface area contributed by atoms with Gasteiger partial charge in [0.2, 0.25) is 0 Å². The van der Waals surface area contributed by atoms with Crippen LogP contribution in [0.5, 0.6) is 0 Å². The highest BCUT2D eigenvalue weighted by molar-refractivity contribution is 7.17. The minimum atomic E-state index is 1.14. The minimum absolute atomic E-state index is 1.14. The topological polar surface area (TPSA) is 16.1 Å². The molecule has 0 bridgehead atoms. The van der Waals surface area contributed by atoms with E-state index in [1.165, 1.54) is 42.7 Å². The lowest BCUT2D eigenvalue weighted by atomic mass is 10.1. The quantitative estimate of drug-likeness (QED) is 0.730. The summed E-state index contributed by atoms with van der Waals surface area (Å²) in [5.74, 6) is 0. The lowest BCUT2D eigenvalue weighted by Crippen LogP contribution is -2.29. The van der Waals surface area contributed by atoms with Gasteiger partial charge in [0.25, 0.3) is 0 Å². The molecule has 3 rings (SSSR count). The molecule has 1 aromatic carbocycles. The molecule has 1 aliphatic rings. The fraction of sp³-hybridized carbons (Fsp3) is 0.417. The summed E-state index contributed by atoms with van der Waals surface area (Å²) in [4.78, 5) is 6.87. The second kappa shape index (κ2) is 3.81. The molecule has 0 aliphatic carbocycles. The fourth-order valence-corrected chi connectivity index (χ4v) is 3.09. The predicted octanol–water partition coefficient (Wildman–Crippen LogP) is 3.29. The summed E-state index contributed by atoms with van der Waals surface area (Å²) in [7, 11) is 0. The Morgan fingerprint density at radius 2 is 2.00 bits per heavy atom. The monoisotopic (exact) mass is 218 g/mol. The molecule has 0 radical (unpaired) electrons. The number of anilines is 1. The molecule has 15 heavy (non-hydrogen) atoms. The van der Waals surface area contributed by atoms with E-state index in [-0.39, 0.29) is 0 Å². The highest BCUT2D eigenvalue weighted by Gasteiger charge is 2.13. The number of hydrogen-bond donors (Lipinski definition) is 0. The molecule has 0 atom stereocenters. The number of hydrogen-bond acceptors (Lipinski definition) is 3. The van der Waals surface area contributed by atoms with Crippen molar-refractivity contribution in [3.63, 3.8) is 0 Å². The van der Waals surface area contributed by atoms with Crippen LogP contribution in [0.25, 0.3) is 10.2 Å². The van der Waals surface area contributed by atoms with Crippen LogP contribution in [-0.2, 0) is 0 Å². The largest absolute Gasteiger partial charge is 0.370 e. The van der Waals surface area contributed by atoms with Crippen molar-refractivity contribution in [2.45, 2.75) is 19.3 Å². The van der Waals surface area contributed by atoms with Gasteiger partial charge in [0.1, 0.15) is 0 Å². The van der Waals surface area contributed by atoms with Gasteiger partial charge in [-0.15, -0.1) is 11.3 Å². The van der Waals surface area contributed by atoms with Crippen molar-refractivity contribution in [2.24, 2.45) is 0 Å². The summed E-state index contributed by atoms with van der Waals surface area (Å²) < 4.78 is 1.35. The van der Waals surface area contributed by atoms with E-state index in [9.17, 15) is 0 Å². The lowest BCUT2D eigenvalue weighted by molar-refractivity contribution is 0.579. The second-order valence-electron chi connectivity index (χ2n) is 4.03. The Bertz CT molecular complexity index is 457. The first-order valence-corrected chi connectivity index (χ1v) is 6.40. The highest BCUT2D eigenvalue weighted by atomic mass is 32.1. The normalized spacial score (nSPS) is 17.2. The van der Waals surface area contributed by atoms with Crippen molar-refractivity contribution in [3.8, 4) is 0 Å². The van der Waals surface area contributed by atoms with E-state index < -0.39 is 0 Å². The molecule has 1 aliphatic heterocycles. The first-order chi connectivity index (χ1) is 7.45. The molecule has 0 spiro atoms. The van der Waals surface area contributed by atoms with Gasteiger partial charge >= 0.3 is 0 Å². The van der Waals surface area contributed by atoms with Crippen LogP contribution in [0.4, 0.5) is 5.69 Å². The predicted molar refractivity (Wildman–Crippen MR) is 65.7 cm³/mol. The zero-order valence-electron chi connectivity index (χ0n) is 8.65. The third-order valence-electron chi connectivity index (χ3n) is 3.03. The zero-order chi connectivity index (χ0) is 10.1. The van der Waals surface area contributed by atoms with Gasteiger partial charge in [0, 0.05) is 13.1 Å². The van der Waals surface area contributed by atoms with E-state index in [1.54, 1.807) is 11.3 Å². The molecule has 1 aromatic heterocycles. The summed E-state index contributed by atoms with van der Waals surface area (Å²) >= 11 is 1.75. The molecular weight excluding hydrogens is 204 g/mol. The number of aromatic nitrogens is 1. The number of benzene rings is 1. The molecule has 2 nitrogen and oxygen atoms in total. The van der Waals surface area contributed by atoms with Crippen LogP contribution in [0.3, 0.4) is 0 Å². The Morgan fingerprint density at radius 3 is 2.87 bits per heavy atom. The maximum absolute atomic E-state index is 4.37. The number of thiazole rings is 1. The number of nitrogens with zero attached hydrogens (tertiary/aromatic N) is 2. The number of rotatable bonds is 1. The first-order valence-electron chi connectivity index (χ1n) is 5.52. The van der Waals surface area contributed by atoms with Crippen molar-refractivity contribution in [1.82, 2.24) is 4.98 Å². The average molecular weight is 218 g/mol. The molecule has 1 fully saturated rings. The van der Waals surface area contributed by atoms with Crippen LogP contribution >= 0.6 is 11.3 Å². The number of piperidine rings is 1. The third kappa shape index (κ3) is 1.61. The molecule has 2 aromatic rings. The van der Waals surface area contributed by atoms with E-state index in [0.717, 1.165) is 5.52 Å². The van der Waals surface area contributed by atoms with E-state index in [4.69, 9.17) is 0 Å². The molecule has 2 heterocycles. The van der Waals surface area contributed by atoms with Crippen LogP contribution in [0.15, 0.2) is 23.7 Å².